The van der Waals surface area contributed by atoms with Crippen molar-refractivity contribution in [2.75, 3.05) is 22.5 Å². The normalized spacial score (nSPS) is 22.4. The predicted octanol–water partition coefficient (Wildman–Crippen LogP) is 6.82. The summed E-state index contributed by atoms with van der Waals surface area (Å²) < 4.78 is 31.3. The number of rotatable bonds is 12. The SMILES string of the molecule is Cc1c(-c2ccc(N3CCc4cccc(C(=O)Nc5nc6ccccc6s5)c4C3)nc2C(=O)NS(=O)(=O)CCCC(=O)O)cnn1CC12CC3CC(CC(C3)C1)C2. The summed E-state index contributed by atoms with van der Waals surface area (Å²) in [5, 5.41) is 17.4. The maximum absolute atomic E-state index is 14.0. The number of hydrogen-bond donors (Lipinski definition) is 3. The second-order valence-electron chi connectivity index (χ2n) is 16.6. The summed E-state index contributed by atoms with van der Waals surface area (Å²) in [6.45, 7) is 3.69. The van der Waals surface area contributed by atoms with Gasteiger partial charge < -0.3 is 10.0 Å². The first-order chi connectivity index (χ1) is 27.4. The molecule has 57 heavy (non-hydrogen) atoms. The molecule has 4 heterocycles. The highest BCUT2D eigenvalue weighted by molar-refractivity contribution is 7.90. The number of nitrogens with one attached hydrogen (secondary N) is 2. The lowest BCUT2D eigenvalue weighted by atomic mass is 9.49. The monoisotopic (exact) mass is 807 g/mol. The Morgan fingerprint density at radius 1 is 0.930 bits per heavy atom. The third-order valence-corrected chi connectivity index (χ3v) is 14.8. The van der Waals surface area contributed by atoms with Crippen molar-refractivity contribution in [3.8, 4) is 11.1 Å². The van der Waals surface area contributed by atoms with Crippen LogP contribution in [-0.2, 0) is 34.3 Å². The van der Waals surface area contributed by atoms with E-state index in [9.17, 15) is 22.8 Å². The summed E-state index contributed by atoms with van der Waals surface area (Å²) in [6, 6.07) is 17.0. The first kappa shape index (κ1) is 37.4. The second kappa shape index (κ2) is 14.7. The first-order valence-corrected chi connectivity index (χ1v) is 22.2. The Balaban J connectivity index is 1.01. The quantitative estimate of drug-likeness (QED) is 0.121. The molecule has 5 aliphatic rings. The van der Waals surface area contributed by atoms with Gasteiger partial charge in [0.2, 0.25) is 10.0 Å². The van der Waals surface area contributed by atoms with Gasteiger partial charge >= 0.3 is 5.97 Å². The van der Waals surface area contributed by atoms with E-state index in [0.717, 1.165) is 51.3 Å². The minimum absolute atomic E-state index is 0.0700. The lowest BCUT2D eigenvalue weighted by Gasteiger charge is -2.56. The number of carboxylic acid groups (broad SMARTS) is 1. The average molecular weight is 808 g/mol. The highest BCUT2D eigenvalue weighted by atomic mass is 32.2. The summed E-state index contributed by atoms with van der Waals surface area (Å²) in [7, 11) is -4.17. The summed E-state index contributed by atoms with van der Waals surface area (Å²) in [5.74, 6) is 0.0272. The van der Waals surface area contributed by atoms with Gasteiger partial charge in [-0.15, -0.1) is 0 Å². The number of thiazole rings is 1. The Hall–Kier alpha value is -5.15. The molecule has 4 bridgehead atoms. The maximum Gasteiger partial charge on any atom is 0.303 e. The molecule has 2 amide bonds. The van der Waals surface area contributed by atoms with Crippen LogP contribution in [0.4, 0.5) is 10.9 Å². The molecule has 3 aromatic heterocycles. The van der Waals surface area contributed by atoms with Gasteiger partial charge in [-0.05, 0) is 123 Å². The Bertz CT molecular complexity index is 2460. The molecule has 0 spiro atoms. The maximum atomic E-state index is 14.0. The van der Waals surface area contributed by atoms with Gasteiger partial charge in [0, 0.05) is 48.4 Å². The summed E-state index contributed by atoms with van der Waals surface area (Å²) in [5.41, 5.74) is 5.39. The average Bonchev–Trinajstić information content (AvgIpc) is 3.74. The van der Waals surface area contributed by atoms with Crippen LogP contribution in [0.2, 0.25) is 0 Å². The smallest absolute Gasteiger partial charge is 0.303 e. The predicted molar refractivity (Wildman–Crippen MR) is 218 cm³/mol. The van der Waals surface area contributed by atoms with Crippen molar-refractivity contribution in [1.82, 2.24) is 24.5 Å². The standard InChI is InChI=1S/C42H45N7O6S2/c1-25-32(22-43-49(25)24-42-19-26-16-27(20-42)18-28(17-26)21-42)30-11-12-36(45-38(30)40(53)47-57(54,55)15-5-10-37(50)51)48-14-13-29-6-4-7-31(33(29)23-48)39(52)46-41-44-34-8-2-3-9-35(34)56-41/h2-4,6-9,11-12,22,26-28H,5,10,13-21,23-24H2,1H3,(H,47,53)(H,50,51)(H,44,46,52). The molecule has 4 saturated carbocycles. The molecule has 1 aliphatic heterocycles. The minimum atomic E-state index is -4.17. The Kier molecular flexibility index (Phi) is 9.62. The van der Waals surface area contributed by atoms with Crippen molar-refractivity contribution >= 4 is 60.3 Å². The van der Waals surface area contributed by atoms with Crippen molar-refractivity contribution in [3.63, 3.8) is 0 Å². The fourth-order valence-electron chi connectivity index (χ4n) is 10.4. The van der Waals surface area contributed by atoms with E-state index < -0.39 is 27.7 Å². The number of amides is 2. The molecule has 2 aromatic carbocycles. The number of benzene rings is 2. The first-order valence-electron chi connectivity index (χ1n) is 19.7. The molecule has 296 valence electrons. The molecule has 10 rings (SSSR count). The van der Waals surface area contributed by atoms with Crippen LogP contribution in [0, 0.1) is 30.1 Å². The lowest BCUT2D eigenvalue weighted by Crippen LogP contribution is -2.48. The van der Waals surface area contributed by atoms with Crippen molar-refractivity contribution in [2.24, 2.45) is 23.2 Å². The number of para-hydroxylation sites is 1. The number of sulfonamides is 1. The highest BCUT2D eigenvalue weighted by Gasteiger charge is 2.51. The largest absolute Gasteiger partial charge is 0.481 e. The van der Waals surface area contributed by atoms with Gasteiger partial charge in [0.1, 0.15) is 11.5 Å². The van der Waals surface area contributed by atoms with Gasteiger partial charge in [0.15, 0.2) is 5.13 Å². The number of aromatic nitrogens is 4. The zero-order valence-electron chi connectivity index (χ0n) is 31.7. The van der Waals surface area contributed by atoms with Crippen LogP contribution in [0.25, 0.3) is 21.3 Å². The number of pyridine rings is 1. The fraction of sp³-hybridized carbons (Fsp3) is 0.429. The molecule has 0 atom stereocenters. The Morgan fingerprint density at radius 2 is 1.68 bits per heavy atom. The van der Waals surface area contributed by atoms with Crippen LogP contribution < -0.4 is 14.9 Å². The van der Waals surface area contributed by atoms with Crippen LogP contribution in [0.15, 0.2) is 60.8 Å². The van der Waals surface area contributed by atoms with E-state index in [4.69, 9.17) is 15.2 Å². The van der Waals surface area contributed by atoms with Gasteiger partial charge in [-0.25, -0.2) is 23.1 Å². The molecule has 4 aliphatic carbocycles. The van der Waals surface area contributed by atoms with Crippen LogP contribution in [0.1, 0.15) is 89.0 Å². The van der Waals surface area contributed by atoms with Gasteiger partial charge in [-0.3, -0.25) is 24.4 Å². The Labute approximate surface area is 335 Å². The van der Waals surface area contributed by atoms with E-state index >= 15 is 0 Å². The van der Waals surface area contributed by atoms with Crippen LogP contribution >= 0.6 is 11.3 Å². The second-order valence-corrected chi connectivity index (χ2v) is 19.5. The summed E-state index contributed by atoms with van der Waals surface area (Å²) >= 11 is 1.41. The molecule has 0 saturated heterocycles. The fourth-order valence-corrected chi connectivity index (χ4v) is 12.3. The minimum Gasteiger partial charge on any atom is -0.481 e. The number of nitrogens with zero attached hydrogens (tertiary/aromatic N) is 5. The van der Waals surface area contributed by atoms with Crippen molar-refractivity contribution in [1.29, 1.82) is 0 Å². The van der Waals surface area contributed by atoms with E-state index in [2.05, 4.69) is 19.7 Å². The molecule has 5 aromatic rings. The molecule has 0 radical (unpaired) electrons. The van der Waals surface area contributed by atoms with Crippen molar-refractivity contribution < 1.29 is 27.9 Å². The number of aliphatic carboxylic acids is 1. The molecule has 4 fully saturated rings. The van der Waals surface area contributed by atoms with Crippen LogP contribution in [0.5, 0.6) is 0 Å². The number of carboxylic acids is 1. The number of carbonyl (C=O) groups is 3. The zero-order chi connectivity index (χ0) is 39.5. The van der Waals surface area contributed by atoms with E-state index in [0.29, 0.717) is 47.2 Å². The zero-order valence-corrected chi connectivity index (χ0v) is 33.4. The number of anilines is 2. The van der Waals surface area contributed by atoms with Crippen LogP contribution in [-0.4, -0.2) is 63.4 Å². The van der Waals surface area contributed by atoms with Gasteiger partial charge in [0.25, 0.3) is 11.8 Å². The van der Waals surface area contributed by atoms with Gasteiger partial charge in [-0.1, -0.05) is 35.6 Å². The van der Waals surface area contributed by atoms with E-state index in [1.807, 2.05) is 54.3 Å². The molecule has 13 nitrogen and oxygen atoms in total. The van der Waals surface area contributed by atoms with E-state index in [1.54, 1.807) is 18.3 Å². The summed E-state index contributed by atoms with van der Waals surface area (Å²) in [4.78, 5) is 50.2. The molecular formula is C42H45N7O6S2. The van der Waals surface area contributed by atoms with Gasteiger partial charge in [-0.2, -0.15) is 5.10 Å². The molecule has 15 heteroatoms. The molecule has 0 unspecified atom stereocenters. The van der Waals surface area contributed by atoms with Crippen molar-refractivity contribution in [2.45, 2.75) is 77.8 Å². The molecular weight excluding hydrogens is 763 g/mol. The van der Waals surface area contributed by atoms with Crippen LogP contribution in [0.3, 0.4) is 0 Å². The molecule has 3 N–H and O–H groups in total. The lowest BCUT2D eigenvalue weighted by molar-refractivity contribution is -0.137. The third kappa shape index (κ3) is 7.54. The van der Waals surface area contributed by atoms with E-state index in [1.165, 1.54) is 49.9 Å². The van der Waals surface area contributed by atoms with Gasteiger partial charge in [0.05, 0.1) is 22.2 Å². The number of carbonyl (C=O) groups excluding carboxylic acids is 2. The van der Waals surface area contributed by atoms with E-state index in [-0.39, 0.29) is 29.9 Å². The topological polar surface area (TPSA) is 176 Å². The number of hydrogen-bond acceptors (Lipinski definition) is 10. The third-order valence-electron chi connectivity index (χ3n) is 12.5. The van der Waals surface area contributed by atoms with Crippen molar-refractivity contribution in [3.05, 3.63) is 88.9 Å². The number of fused-ring (bicyclic) bond motifs is 2. The highest BCUT2D eigenvalue weighted by Crippen LogP contribution is 2.60. The summed E-state index contributed by atoms with van der Waals surface area (Å²) in [6.07, 6.45) is 9.60. The Morgan fingerprint density at radius 3 is 2.42 bits per heavy atom.